The first kappa shape index (κ1) is 18.9. The summed E-state index contributed by atoms with van der Waals surface area (Å²) in [5, 5.41) is 6.93. The average molecular weight is 396 g/mol. The van der Waals surface area contributed by atoms with Crippen molar-refractivity contribution in [1.82, 2.24) is 20.4 Å². The van der Waals surface area contributed by atoms with E-state index in [1.807, 2.05) is 24.3 Å². The van der Waals surface area contributed by atoms with E-state index in [9.17, 15) is 9.18 Å². The number of hydrogen-bond donors (Lipinski definition) is 1. The second-order valence-corrected chi connectivity index (χ2v) is 6.82. The Morgan fingerprint density at radius 3 is 2.72 bits per heavy atom. The van der Waals surface area contributed by atoms with Crippen LogP contribution in [-0.2, 0) is 6.54 Å². The number of urea groups is 1. The van der Waals surface area contributed by atoms with Crippen molar-refractivity contribution in [2.75, 3.05) is 13.7 Å². The van der Waals surface area contributed by atoms with Crippen LogP contribution in [0.2, 0.25) is 0 Å². The van der Waals surface area contributed by atoms with Crippen LogP contribution in [0.25, 0.3) is 11.4 Å². The van der Waals surface area contributed by atoms with Crippen LogP contribution in [0.1, 0.15) is 30.3 Å². The van der Waals surface area contributed by atoms with Crippen molar-refractivity contribution in [3.8, 4) is 17.1 Å². The highest BCUT2D eigenvalue weighted by molar-refractivity contribution is 5.75. The number of carbonyl (C=O) groups is 1. The molecule has 1 N–H and O–H groups in total. The first-order valence-corrected chi connectivity index (χ1v) is 9.41. The normalized spacial score (nSPS) is 16.1. The maximum Gasteiger partial charge on any atom is 0.318 e. The summed E-state index contributed by atoms with van der Waals surface area (Å²) in [6, 6.07) is 12.9. The summed E-state index contributed by atoms with van der Waals surface area (Å²) in [6.07, 6.45) is 1.61. The van der Waals surface area contributed by atoms with Crippen molar-refractivity contribution in [3.63, 3.8) is 0 Å². The Labute approximate surface area is 167 Å². The van der Waals surface area contributed by atoms with Crippen LogP contribution in [0.4, 0.5) is 9.18 Å². The molecule has 0 radical (unpaired) electrons. The Kier molecular flexibility index (Phi) is 5.41. The molecule has 4 rings (SSSR count). The lowest BCUT2D eigenvalue weighted by Crippen LogP contribution is -2.39. The number of aromatic nitrogens is 2. The maximum atomic E-state index is 13.0. The van der Waals surface area contributed by atoms with Gasteiger partial charge in [0, 0.05) is 18.7 Å². The van der Waals surface area contributed by atoms with Gasteiger partial charge in [0.05, 0.1) is 7.11 Å². The standard InChI is InChI=1S/C21H21FN4O3/c1-28-17-10-6-15(7-11-17)19-24-20(29-25-19)18-3-2-12-26(18)21(27)23-13-14-4-8-16(22)9-5-14/h4-11,18H,2-3,12-13H2,1H3,(H,23,27)/t18-/m1/s1. The highest BCUT2D eigenvalue weighted by Gasteiger charge is 2.34. The van der Waals surface area contributed by atoms with E-state index in [2.05, 4.69) is 15.5 Å². The van der Waals surface area contributed by atoms with Crippen LogP contribution >= 0.6 is 0 Å². The maximum absolute atomic E-state index is 13.0. The van der Waals surface area contributed by atoms with E-state index in [0.29, 0.717) is 24.8 Å². The van der Waals surface area contributed by atoms with Gasteiger partial charge in [-0.1, -0.05) is 17.3 Å². The first-order chi connectivity index (χ1) is 14.1. The number of likely N-dealkylation sites (tertiary alicyclic amines) is 1. The van der Waals surface area contributed by atoms with Crippen molar-refractivity contribution < 1.29 is 18.4 Å². The minimum absolute atomic E-state index is 0.207. The molecule has 0 aliphatic carbocycles. The summed E-state index contributed by atoms with van der Waals surface area (Å²) in [4.78, 5) is 18.9. The molecule has 150 valence electrons. The van der Waals surface area contributed by atoms with E-state index in [0.717, 1.165) is 29.7 Å². The van der Waals surface area contributed by atoms with Gasteiger partial charge in [0.15, 0.2) is 0 Å². The minimum Gasteiger partial charge on any atom is -0.497 e. The summed E-state index contributed by atoms with van der Waals surface area (Å²) >= 11 is 0. The zero-order valence-electron chi connectivity index (χ0n) is 16.0. The van der Waals surface area contributed by atoms with Crippen molar-refractivity contribution in [1.29, 1.82) is 0 Å². The van der Waals surface area contributed by atoms with Crippen molar-refractivity contribution in [2.45, 2.75) is 25.4 Å². The fourth-order valence-corrected chi connectivity index (χ4v) is 3.38. The molecule has 1 aliphatic heterocycles. The van der Waals surface area contributed by atoms with Gasteiger partial charge in [0.1, 0.15) is 17.6 Å². The third-order valence-corrected chi connectivity index (χ3v) is 4.95. The van der Waals surface area contributed by atoms with Gasteiger partial charge >= 0.3 is 6.03 Å². The number of halogens is 1. The Hall–Kier alpha value is -3.42. The molecule has 0 bridgehead atoms. The van der Waals surface area contributed by atoms with Gasteiger partial charge in [-0.25, -0.2) is 9.18 Å². The molecule has 1 aliphatic rings. The molecule has 29 heavy (non-hydrogen) atoms. The van der Waals surface area contributed by atoms with E-state index < -0.39 is 0 Å². The van der Waals surface area contributed by atoms with Crippen LogP contribution in [0.5, 0.6) is 5.75 Å². The molecule has 1 atom stereocenters. The number of benzene rings is 2. The van der Waals surface area contributed by atoms with Crippen LogP contribution in [0.15, 0.2) is 53.1 Å². The predicted octanol–water partition coefficient (Wildman–Crippen LogP) is 3.93. The number of carbonyl (C=O) groups excluding carboxylic acids is 1. The molecule has 7 nitrogen and oxygen atoms in total. The van der Waals surface area contributed by atoms with Gasteiger partial charge in [-0.2, -0.15) is 4.98 Å². The quantitative estimate of drug-likeness (QED) is 0.707. The van der Waals surface area contributed by atoms with Crippen molar-refractivity contribution in [3.05, 3.63) is 65.8 Å². The molecule has 2 amide bonds. The number of ether oxygens (including phenoxy) is 1. The zero-order chi connectivity index (χ0) is 20.2. The van der Waals surface area contributed by atoms with Crippen LogP contribution in [0.3, 0.4) is 0 Å². The monoisotopic (exact) mass is 396 g/mol. The third-order valence-electron chi connectivity index (χ3n) is 4.95. The van der Waals surface area contributed by atoms with Gasteiger partial charge in [-0.05, 0) is 54.8 Å². The zero-order valence-corrected chi connectivity index (χ0v) is 16.0. The smallest absolute Gasteiger partial charge is 0.318 e. The summed E-state index contributed by atoms with van der Waals surface area (Å²) in [5.74, 6) is 1.34. The average Bonchev–Trinajstić information content (AvgIpc) is 3.43. The topological polar surface area (TPSA) is 80.5 Å². The molecule has 0 unspecified atom stereocenters. The molecule has 0 saturated carbocycles. The molecule has 2 heterocycles. The Balaban J connectivity index is 1.43. The summed E-state index contributed by atoms with van der Waals surface area (Å²) in [5.41, 5.74) is 1.64. The highest BCUT2D eigenvalue weighted by atomic mass is 19.1. The van der Waals surface area contributed by atoms with E-state index >= 15 is 0 Å². The highest BCUT2D eigenvalue weighted by Crippen LogP contribution is 2.32. The molecule has 8 heteroatoms. The third kappa shape index (κ3) is 4.21. The fourth-order valence-electron chi connectivity index (χ4n) is 3.38. The second kappa shape index (κ2) is 8.30. The molecule has 2 aromatic carbocycles. The van der Waals surface area contributed by atoms with E-state index in [4.69, 9.17) is 9.26 Å². The Morgan fingerprint density at radius 2 is 2.00 bits per heavy atom. The number of amides is 2. The van der Waals surface area contributed by atoms with Crippen LogP contribution in [-0.4, -0.2) is 34.7 Å². The van der Waals surface area contributed by atoms with Gasteiger partial charge in [0.2, 0.25) is 11.7 Å². The van der Waals surface area contributed by atoms with E-state index in [1.165, 1.54) is 12.1 Å². The number of methoxy groups -OCH3 is 1. The molecular weight excluding hydrogens is 375 g/mol. The lowest BCUT2D eigenvalue weighted by molar-refractivity contribution is 0.180. The van der Waals surface area contributed by atoms with Gasteiger partial charge in [-0.15, -0.1) is 0 Å². The molecular formula is C21H21FN4O3. The first-order valence-electron chi connectivity index (χ1n) is 9.41. The largest absolute Gasteiger partial charge is 0.497 e. The predicted molar refractivity (Wildman–Crippen MR) is 104 cm³/mol. The van der Waals surface area contributed by atoms with Crippen molar-refractivity contribution >= 4 is 6.03 Å². The van der Waals surface area contributed by atoms with Crippen molar-refractivity contribution in [2.24, 2.45) is 0 Å². The number of nitrogens with zero attached hydrogens (tertiary/aromatic N) is 3. The van der Waals surface area contributed by atoms with Gasteiger partial charge in [-0.3, -0.25) is 0 Å². The van der Waals surface area contributed by atoms with E-state index in [-0.39, 0.29) is 17.9 Å². The number of nitrogens with one attached hydrogen (secondary N) is 1. The Morgan fingerprint density at radius 1 is 1.24 bits per heavy atom. The van der Waals surface area contributed by atoms with Crippen LogP contribution in [0, 0.1) is 5.82 Å². The fraction of sp³-hybridized carbons (Fsp3) is 0.286. The van der Waals surface area contributed by atoms with Gasteiger partial charge in [0.25, 0.3) is 0 Å². The van der Waals surface area contributed by atoms with Gasteiger partial charge < -0.3 is 19.5 Å². The molecule has 1 fully saturated rings. The molecule has 1 aromatic heterocycles. The molecule has 0 spiro atoms. The summed E-state index contributed by atoms with van der Waals surface area (Å²) < 4.78 is 23.6. The van der Waals surface area contributed by atoms with Crippen LogP contribution < -0.4 is 10.1 Å². The number of rotatable bonds is 5. The lowest BCUT2D eigenvalue weighted by Gasteiger charge is -2.22. The second-order valence-electron chi connectivity index (χ2n) is 6.82. The SMILES string of the molecule is COc1ccc(-c2noc([C@H]3CCCN3C(=O)NCc3ccc(F)cc3)n2)cc1. The molecule has 1 saturated heterocycles. The lowest BCUT2D eigenvalue weighted by atomic mass is 10.2. The summed E-state index contributed by atoms with van der Waals surface area (Å²) in [6.45, 7) is 0.934. The molecule has 3 aromatic rings. The Bertz CT molecular complexity index is 972. The minimum atomic E-state index is -0.302. The van der Waals surface area contributed by atoms with E-state index in [1.54, 1.807) is 24.1 Å². The number of hydrogen-bond acceptors (Lipinski definition) is 5. The summed E-state index contributed by atoms with van der Waals surface area (Å²) in [7, 11) is 1.61.